The van der Waals surface area contributed by atoms with Crippen LogP contribution in [-0.2, 0) is 0 Å². The van der Waals surface area contributed by atoms with Gasteiger partial charge in [-0.15, -0.1) is 0 Å². The molecule has 0 aliphatic rings. The SMILES string of the molecule is Cc1cc(C)c(C)c(C(=O)c2c(F)cc(F)cc2F)c1C. The number of halogens is 3. The highest BCUT2D eigenvalue weighted by molar-refractivity contribution is 6.11. The predicted molar refractivity (Wildman–Crippen MR) is 75.1 cm³/mol. The number of rotatable bonds is 2. The maximum absolute atomic E-state index is 13.8. The topological polar surface area (TPSA) is 17.1 Å². The molecule has 0 heterocycles. The van der Waals surface area contributed by atoms with E-state index in [4.69, 9.17) is 0 Å². The van der Waals surface area contributed by atoms with Crippen LogP contribution in [0, 0.1) is 45.1 Å². The average molecular weight is 292 g/mol. The van der Waals surface area contributed by atoms with Crippen LogP contribution >= 0.6 is 0 Å². The standard InChI is InChI=1S/C17H15F3O/c1-8-5-9(2)11(4)15(10(8)3)17(21)16-13(19)6-12(18)7-14(16)20/h5-7H,1-4H3. The minimum atomic E-state index is -1.18. The van der Waals surface area contributed by atoms with Gasteiger partial charge >= 0.3 is 0 Å². The number of hydrogen-bond acceptors (Lipinski definition) is 1. The second-order valence-electron chi connectivity index (χ2n) is 5.21. The van der Waals surface area contributed by atoms with Crippen LogP contribution in [-0.4, -0.2) is 5.78 Å². The highest BCUT2D eigenvalue weighted by Gasteiger charge is 2.24. The van der Waals surface area contributed by atoms with E-state index in [9.17, 15) is 18.0 Å². The Morgan fingerprint density at radius 1 is 0.762 bits per heavy atom. The molecule has 0 atom stereocenters. The second-order valence-corrected chi connectivity index (χ2v) is 5.21. The maximum atomic E-state index is 13.8. The molecule has 2 rings (SSSR count). The molecule has 110 valence electrons. The zero-order chi connectivity index (χ0) is 15.9. The van der Waals surface area contributed by atoms with E-state index in [1.807, 2.05) is 19.9 Å². The van der Waals surface area contributed by atoms with Gasteiger partial charge in [0.15, 0.2) is 5.78 Å². The third-order valence-corrected chi connectivity index (χ3v) is 3.83. The van der Waals surface area contributed by atoms with Crippen LogP contribution in [0.4, 0.5) is 13.2 Å². The molecule has 2 aromatic rings. The molecule has 2 aromatic carbocycles. The van der Waals surface area contributed by atoms with Crippen molar-refractivity contribution in [2.24, 2.45) is 0 Å². The number of carbonyl (C=O) groups excluding carboxylic acids is 1. The number of benzene rings is 2. The largest absolute Gasteiger partial charge is 0.288 e. The molecule has 0 N–H and O–H groups in total. The lowest BCUT2D eigenvalue weighted by Gasteiger charge is -2.15. The van der Waals surface area contributed by atoms with Gasteiger partial charge in [-0.1, -0.05) is 6.07 Å². The molecule has 0 amide bonds. The van der Waals surface area contributed by atoms with Gasteiger partial charge in [-0.2, -0.15) is 0 Å². The van der Waals surface area contributed by atoms with Crippen molar-refractivity contribution in [2.75, 3.05) is 0 Å². The lowest BCUT2D eigenvalue weighted by Crippen LogP contribution is -2.13. The molecule has 1 nitrogen and oxygen atoms in total. The first-order valence-corrected chi connectivity index (χ1v) is 6.50. The average Bonchev–Trinajstić information content (AvgIpc) is 2.35. The summed E-state index contributed by atoms with van der Waals surface area (Å²) in [5.41, 5.74) is 2.63. The van der Waals surface area contributed by atoms with Crippen molar-refractivity contribution >= 4 is 5.78 Å². The second kappa shape index (κ2) is 5.35. The molecule has 0 radical (unpaired) electrons. The van der Waals surface area contributed by atoms with Gasteiger partial charge in [-0.05, 0) is 49.9 Å². The summed E-state index contributed by atoms with van der Waals surface area (Å²) in [6.07, 6.45) is 0. The van der Waals surface area contributed by atoms with Crippen molar-refractivity contribution < 1.29 is 18.0 Å². The zero-order valence-corrected chi connectivity index (χ0v) is 12.3. The first-order valence-electron chi connectivity index (χ1n) is 6.50. The summed E-state index contributed by atoms with van der Waals surface area (Å²) in [5, 5.41) is 0. The van der Waals surface area contributed by atoms with Crippen molar-refractivity contribution in [3.8, 4) is 0 Å². The first kappa shape index (κ1) is 15.3. The van der Waals surface area contributed by atoms with E-state index in [-0.39, 0.29) is 5.56 Å². The molecule has 0 aliphatic heterocycles. The molecule has 0 fully saturated rings. The van der Waals surface area contributed by atoms with Crippen molar-refractivity contribution in [3.63, 3.8) is 0 Å². The molecule has 0 unspecified atom stereocenters. The van der Waals surface area contributed by atoms with E-state index in [0.29, 0.717) is 23.3 Å². The molecular formula is C17H15F3O. The van der Waals surface area contributed by atoms with Gasteiger partial charge < -0.3 is 0 Å². The zero-order valence-electron chi connectivity index (χ0n) is 12.3. The molecular weight excluding hydrogens is 277 g/mol. The van der Waals surface area contributed by atoms with Crippen molar-refractivity contribution in [2.45, 2.75) is 27.7 Å². The van der Waals surface area contributed by atoms with Crippen molar-refractivity contribution in [1.82, 2.24) is 0 Å². The summed E-state index contributed by atoms with van der Waals surface area (Å²) in [4.78, 5) is 12.5. The monoisotopic (exact) mass is 292 g/mol. The van der Waals surface area contributed by atoms with Crippen LogP contribution < -0.4 is 0 Å². The molecule has 0 saturated carbocycles. The number of hydrogen-bond donors (Lipinski definition) is 0. The lowest BCUT2D eigenvalue weighted by molar-refractivity contribution is 0.102. The number of aryl methyl sites for hydroxylation is 2. The highest BCUT2D eigenvalue weighted by atomic mass is 19.1. The van der Waals surface area contributed by atoms with E-state index in [0.717, 1.165) is 11.1 Å². The van der Waals surface area contributed by atoms with Gasteiger partial charge in [-0.3, -0.25) is 4.79 Å². The van der Waals surface area contributed by atoms with Gasteiger partial charge in [0, 0.05) is 17.7 Å². The molecule has 21 heavy (non-hydrogen) atoms. The molecule has 0 aliphatic carbocycles. The Labute approximate surface area is 121 Å². The minimum Gasteiger partial charge on any atom is -0.288 e. The van der Waals surface area contributed by atoms with Gasteiger partial charge in [0.25, 0.3) is 0 Å². The van der Waals surface area contributed by atoms with Crippen molar-refractivity contribution in [3.05, 3.63) is 69.0 Å². The predicted octanol–water partition coefficient (Wildman–Crippen LogP) is 4.57. The molecule has 0 aromatic heterocycles. The summed E-state index contributed by atoms with van der Waals surface area (Å²) in [6, 6.07) is 2.95. The molecule has 4 heteroatoms. The van der Waals surface area contributed by atoms with E-state index in [2.05, 4.69) is 0 Å². The Morgan fingerprint density at radius 2 is 1.19 bits per heavy atom. The van der Waals surface area contributed by atoms with Gasteiger partial charge in [-0.25, -0.2) is 13.2 Å². The Balaban J connectivity index is 2.72. The van der Waals surface area contributed by atoms with Crippen LogP contribution in [0.1, 0.15) is 38.2 Å². The third-order valence-electron chi connectivity index (χ3n) is 3.83. The maximum Gasteiger partial charge on any atom is 0.199 e. The van der Waals surface area contributed by atoms with Crippen LogP contribution in [0.2, 0.25) is 0 Å². The van der Waals surface area contributed by atoms with Crippen LogP contribution in [0.25, 0.3) is 0 Å². The molecule has 0 saturated heterocycles. The summed E-state index contributed by atoms with van der Waals surface area (Å²) < 4.78 is 40.6. The Hall–Kier alpha value is -2.10. The van der Waals surface area contributed by atoms with Gasteiger partial charge in [0.2, 0.25) is 0 Å². The normalized spacial score (nSPS) is 10.8. The van der Waals surface area contributed by atoms with E-state index < -0.39 is 28.8 Å². The molecule has 0 bridgehead atoms. The first-order chi connectivity index (χ1) is 9.73. The summed E-state index contributed by atoms with van der Waals surface area (Å²) >= 11 is 0. The number of ketones is 1. The van der Waals surface area contributed by atoms with Crippen LogP contribution in [0.5, 0.6) is 0 Å². The number of carbonyl (C=O) groups is 1. The fraction of sp³-hybridized carbons (Fsp3) is 0.235. The Kier molecular flexibility index (Phi) is 3.90. The summed E-state index contributed by atoms with van der Waals surface area (Å²) in [7, 11) is 0. The van der Waals surface area contributed by atoms with Gasteiger partial charge in [0.05, 0.1) is 5.56 Å². The minimum absolute atomic E-state index is 0.275. The smallest absolute Gasteiger partial charge is 0.199 e. The summed E-state index contributed by atoms with van der Waals surface area (Å²) in [6.45, 7) is 7.12. The molecule has 0 spiro atoms. The van der Waals surface area contributed by atoms with E-state index in [1.54, 1.807) is 13.8 Å². The Morgan fingerprint density at radius 3 is 1.62 bits per heavy atom. The fourth-order valence-electron chi connectivity index (χ4n) is 2.44. The van der Waals surface area contributed by atoms with Gasteiger partial charge in [0.1, 0.15) is 17.5 Å². The van der Waals surface area contributed by atoms with Crippen LogP contribution in [0.3, 0.4) is 0 Å². The van der Waals surface area contributed by atoms with E-state index in [1.165, 1.54) is 0 Å². The quantitative estimate of drug-likeness (QED) is 0.741. The third kappa shape index (κ3) is 2.58. The fourth-order valence-corrected chi connectivity index (χ4v) is 2.44. The van der Waals surface area contributed by atoms with Crippen LogP contribution in [0.15, 0.2) is 18.2 Å². The lowest BCUT2D eigenvalue weighted by atomic mass is 9.89. The Bertz CT molecular complexity index is 699. The van der Waals surface area contributed by atoms with Crippen molar-refractivity contribution in [1.29, 1.82) is 0 Å². The highest BCUT2D eigenvalue weighted by Crippen LogP contribution is 2.26. The summed E-state index contributed by atoms with van der Waals surface area (Å²) in [5.74, 6) is -4.17. The van der Waals surface area contributed by atoms with E-state index >= 15 is 0 Å².